The number of hydrogen-bond donors (Lipinski definition) is 1. The van der Waals surface area contributed by atoms with Crippen LogP contribution in [0.15, 0.2) is 46.8 Å². The van der Waals surface area contributed by atoms with E-state index in [0.29, 0.717) is 33.1 Å². The quantitative estimate of drug-likeness (QED) is 0.792. The van der Waals surface area contributed by atoms with Crippen LogP contribution in [0.25, 0.3) is 0 Å². The summed E-state index contributed by atoms with van der Waals surface area (Å²) in [6.07, 6.45) is 0. The molecular formula is C19H22ClNO5. The Kier molecular flexibility index (Phi) is 6.45. The second-order valence-corrected chi connectivity index (χ2v) is 6.22. The Morgan fingerprint density at radius 2 is 1.58 bits per heavy atom. The fourth-order valence-electron chi connectivity index (χ4n) is 3.31. The van der Waals surface area contributed by atoms with Crippen molar-refractivity contribution in [2.24, 2.45) is 0 Å². The van der Waals surface area contributed by atoms with Crippen LogP contribution in [0.2, 0.25) is 5.02 Å². The summed E-state index contributed by atoms with van der Waals surface area (Å²) in [5, 5.41) is 9.83. The third-order valence-electron chi connectivity index (χ3n) is 4.52. The van der Waals surface area contributed by atoms with Crippen molar-refractivity contribution in [3.8, 4) is 0 Å². The van der Waals surface area contributed by atoms with E-state index < -0.39 is 17.9 Å². The molecule has 1 aromatic rings. The van der Waals surface area contributed by atoms with Crippen LogP contribution >= 0.6 is 11.6 Å². The van der Waals surface area contributed by atoms with Crippen LogP contribution in [-0.2, 0) is 19.1 Å². The van der Waals surface area contributed by atoms with Gasteiger partial charge in [-0.1, -0.05) is 29.8 Å². The van der Waals surface area contributed by atoms with Gasteiger partial charge in [0.1, 0.15) is 0 Å². The highest BCUT2D eigenvalue weighted by Crippen LogP contribution is 2.44. The smallest absolute Gasteiger partial charge is 0.336 e. The Bertz CT molecular complexity index is 744. The van der Waals surface area contributed by atoms with Crippen molar-refractivity contribution < 1.29 is 24.2 Å². The van der Waals surface area contributed by atoms with Crippen LogP contribution in [0.4, 0.5) is 0 Å². The van der Waals surface area contributed by atoms with Crippen molar-refractivity contribution in [1.29, 1.82) is 0 Å². The SMILES string of the molecule is COC(=O)C1=C(C)N(CCO)C(C)=C(C(=O)OC)C1c1ccccc1Cl. The Morgan fingerprint density at radius 1 is 1.08 bits per heavy atom. The van der Waals surface area contributed by atoms with Crippen LogP contribution in [0.1, 0.15) is 25.3 Å². The monoisotopic (exact) mass is 379 g/mol. The molecule has 0 amide bonds. The molecule has 0 saturated heterocycles. The zero-order valence-corrected chi connectivity index (χ0v) is 16.0. The zero-order chi connectivity index (χ0) is 19.4. The number of halogens is 1. The zero-order valence-electron chi connectivity index (χ0n) is 15.2. The summed E-state index contributed by atoms with van der Waals surface area (Å²) >= 11 is 6.37. The molecule has 0 aliphatic carbocycles. The van der Waals surface area contributed by atoms with Crippen molar-refractivity contribution in [3.05, 3.63) is 57.4 Å². The van der Waals surface area contributed by atoms with Gasteiger partial charge in [0.25, 0.3) is 0 Å². The molecule has 7 heteroatoms. The van der Waals surface area contributed by atoms with Crippen molar-refractivity contribution in [2.75, 3.05) is 27.4 Å². The predicted molar refractivity (Wildman–Crippen MR) is 97.4 cm³/mol. The molecule has 0 aromatic heterocycles. The highest BCUT2D eigenvalue weighted by molar-refractivity contribution is 6.31. The van der Waals surface area contributed by atoms with Crippen molar-refractivity contribution in [1.82, 2.24) is 4.90 Å². The van der Waals surface area contributed by atoms with Crippen LogP contribution in [0, 0.1) is 0 Å². The normalized spacial score (nSPS) is 15.4. The van der Waals surface area contributed by atoms with Gasteiger partial charge >= 0.3 is 11.9 Å². The summed E-state index contributed by atoms with van der Waals surface area (Å²) in [7, 11) is 2.57. The lowest BCUT2D eigenvalue weighted by atomic mass is 9.79. The van der Waals surface area contributed by atoms with E-state index in [4.69, 9.17) is 21.1 Å². The van der Waals surface area contributed by atoms with Gasteiger partial charge in [-0.15, -0.1) is 0 Å². The minimum atomic E-state index is -0.724. The minimum Gasteiger partial charge on any atom is -0.466 e. The third kappa shape index (κ3) is 3.48. The number of benzene rings is 1. The van der Waals surface area contributed by atoms with Gasteiger partial charge in [-0.3, -0.25) is 0 Å². The van der Waals surface area contributed by atoms with Crippen LogP contribution < -0.4 is 0 Å². The molecule has 0 unspecified atom stereocenters. The average molecular weight is 380 g/mol. The minimum absolute atomic E-state index is 0.144. The first kappa shape index (κ1) is 20.0. The van der Waals surface area contributed by atoms with Gasteiger partial charge in [0, 0.05) is 23.0 Å². The van der Waals surface area contributed by atoms with Gasteiger partial charge in [0.05, 0.1) is 37.9 Å². The fraction of sp³-hybridized carbons (Fsp3) is 0.368. The maximum Gasteiger partial charge on any atom is 0.336 e. The molecule has 0 bridgehead atoms. The molecule has 2 rings (SSSR count). The molecule has 1 aromatic carbocycles. The molecule has 0 atom stereocenters. The average Bonchev–Trinajstić information content (AvgIpc) is 2.64. The maximum atomic E-state index is 12.6. The molecule has 0 spiro atoms. The first-order chi connectivity index (χ1) is 12.4. The molecule has 26 heavy (non-hydrogen) atoms. The summed E-state index contributed by atoms with van der Waals surface area (Å²) in [5.41, 5.74) is 2.39. The Morgan fingerprint density at radius 3 is 2.00 bits per heavy atom. The summed E-state index contributed by atoms with van der Waals surface area (Å²) in [4.78, 5) is 26.9. The van der Waals surface area contributed by atoms with Gasteiger partial charge < -0.3 is 19.5 Å². The lowest BCUT2D eigenvalue weighted by molar-refractivity contribution is -0.137. The topological polar surface area (TPSA) is 76.1 Å². The standard InChI is InChI=1S/C19H22ClNO5/c1-11-15(18(23)25-3)17(13-7-5-6-8-14(13)20)16(19(24)26-4)12(2)21(11)9-10-22/h5-8,17,22H,9-10H2,1-4H3. The van der Waals surface area contributed by atoms with Crippen LogP contribution in [0.3, 0.4) is 0 Å². The Balaban J connectivity index is 2.81. The molecule has 6 nitrogen and oxygen atoms in total. The number of aliphatic hydroxyl groups is 1. The summed E-state index contributed by atoms with van der Waals surface area (Å²) in [5.74, 6) is -1.85. The maximum absolute atomic E-state index is 12.6. The van der Waals surface area contributed by atoms with Crippen LogP contribution in [0.5, 0.6) is 0 Å². The van der Waals surface area contributed by atoms with E-state index in [2.05, 4.69) is 0 Å². The second kappa shape index (κ2) is 8.38. The number of β-amino-alcohol motifs (C(OH)–C–C–N with tert-alkyl or cyclic N) is 1. The van der Waals surface area contributed by atoms with Crippen molar-refractivity contribution in [2.45, 2.75) is 19.8 Å². The molecule has 1 aliphatic rings. The molecular weight excluding hydrogens is 358 g/mol. The highest BCUT2D eigenvalue weighted by atomic mass is 35.5. The van der Waals surface area contributed by atoms with E-state index in [-0.39, 0.29) is 13.2 Å². The number of aliphatic hydroxyl groups excluding tert-OH is 1. The Labute approximate surface area is 157 Å². The number of carbonyl (C=O) groups excluding carboxylic acids is 2. The van der Waals surface area contributed by atoms with Gasteiger partial charge in [-0.2, -0.15) is 0 Å². The predicted octanol–water partition coefficient (Wildman–Crippen LogP) is 2.63. The van der Waals surface area contributed by atoms with Crippen LogP contribution in [-0.4, -0.2) is 49.3 Å². The second-order valence-electron chi connectivity index (χ2n) is 5.81. The van der Waals surface area contributed by atoms with E-state index in [1.165, 1.54) is 14.2 Å². The molecule has 0 saturated carbocycles. The number of hydrogen-bond acceptors (Lipinski definition) is 6. The van der Waals surface area contributed by atoms with E-state index in [0.717, 1.165) is 0 Å². The number of ether oxygens (including phenoxy) is 2. The number of nitrogens with zero attached hydrogens (tertiary/aromatic N) is 1. The largest absolute Gasteiger partial charge is 0.466 e. The molecule has 0 fully saturated rings. The summed E-state index contributed by atoms with van der Waals surface area (Å²) < 4.78 is 9.94. The summed E-state index contributed by atoms with van der Waals surface area (Å²) in [6.45, 7) is 3.59. The fourth-order valence-corrected chi connectivity index (χ4v) is 3.56. The van der Waals surface area contributed by atoms with Gasteiger partial charge in [-0.25, -0.2) is 9.59 Å². The van der Waals surface area contributed by atoms with E-state index in [9.17, 15) is 14.7 Å². The van der Waals surface area contributed by atoms with Gasteiger partial charge in [-0.05, 0) is 25.5 Å². The first-order valence-electron chi connectivity index (χ1n) is 8.10. The molecule has 140 valence electrons. The first-order valence-corrected chi connectivity index (χ1v) is 8.47. The number of esters is 2. The number of methoxy groups -OCH3 is 2. The summed E-state index contributed by atoms with van der Waals surface area (Å²) in [6, 6.07) is 7.03. The highest BCUT2D eigenvalue weighted by Gasteiger charge is 2.40. The number of allylic oxidation sites excluding steroid dienone is 2. The number of rotatable bonds is 5. The van der Waals surface area contributed by atoms with Crippen molar-refractivity contribution in [3.63, 3.8) is 0 Å². The third-order valence-corrected chi connectivity index (χ3v) is 4.86. The van der Waals surface area contributed by atoms with E-state index in [1.807, 2.05) is 0 Å². The molecule has 1 aliphatic heterocycles. The number of carbonyl (C=O) groups is 2. The molecule has 1 heterocycles. The van der Waals surface area contributed by atoms with E-state index in [1.54, 1.807) is 43.0 Å². The molecule has 0 radical (unpaired) electrons. The lowest BCUT2D eigenvalue weighted by Crippen LogP contribution is -2.36. The lowest BCUT2D eigenvalue weighted by Gasteiger charge is -2.37. The van der Waals surface area contributed by atoms with Gasteiger partial charge in [0.2, 0.25) is 0 Å². The van der Waals surface area contributed by atoms with Crippen molar-refractivity contribution >= 4 is 23.5 Å². The molecule has 1 N–H and O–H groups in total. The van der Waals surface area contributed by atoms with E-state index >= 15 is 0 Å². The van der Waals surface area contributed by atoms with Gasteiger partial charge in [0.15, 0.2) is 0 Å². The Hall–Kier alpha value is -2.31.